The van der Waals surface area contributed by atoms with Crippen LogP contribution >= 0.6 is 0 Å². The monoisotopic (exact) mass is 353 g/mol. The van der Waals surface area contributed by atoms with E-state index in [4.69, 9.17) is 0 Å². The van der Waals surface area contributed by atoms with Crippen LogP contribution in [0.1, 0.15) is 13.3 Å². The summed E-state index contributed by atoms with van der Waals surface area (Å²) >= 11 is 0. The highest BCUT2D eigenvalue weighted by Crippen LogP contribution is 2.22. The second kappa shape index (κ2) is 7.39. The lowest BCUT2D eigenvalue weighted by Crippen LogP contribution is -2.36. The summed E-state index contributed by atoms with van der Waals surface area (Å²) in [6.07, 6.45) is 2.36. The molecule has 0 aliphatic heterocycles. The predicted octanol–water partition coefficient (Wildman–Crippen LogP) is 4.13. The molecule has 0 aliphatic rings. The number of hydrogen-bond donors (Lipinski definition) is 1. The second-order valence-corrected chi connectivity index (χ2v) is 6.06. The van der Waals surface area contributed by atoms with Gasteiger partial charge < -0.3 is 9.88 Å². The van der Waals surface area contributed by atoms with Gasteiger partial charge in [0.05, 0.1) is 5.69 Å². The van der Waals surface area contributed by atoms with Crippen LogP contribution < -0.4 is 15.8 Å². The van der Waals surface area contributed by atoms with E-state index < -0.39 is 0 Å². The summed E-state index contributed by atoms with van der Waals surface area (Å²) in [5, 5.41) is 4.10. The Kier molecular flexibility index (Phi) is 5.02. The number of nitrogens with one attached hydrogen (secondary N) is 1. The molecular weight excluding hydrogens is 333 g/mol. The Morgan fingerprint density at radius 1 is 1.12 bits per heavy atom. The molecule has 0 bridgehead atoms. The fourth-order valence-corrected chi connectivity index (χ4v) is 2.89. The molecule has 0 radical (unpaired) electrons. The zero-order valence-electron chi connectivity index (χ0n) is 14.7. The smallest absolute Gasteiger partial charge is 0.316 e. The van der Waals surface area contributed by atoms with Gasteiger partial charge in [0.2, 0.25) is 0 Å². The summed E-state index contributed by atoms with van der Waals surface area (Å²) in [4.78, 5) is 26.7. The summed E-state index contributed by atoms with van der Waals surface area (Å²) in [5.74, 6) is -0.352. The van der Waals surface area contributed by atoms with Crippen molar-refractivity contribution in [2.45, 2.75) is 13.3 Å². The molecule has 6 heteroatoms. The quantitative estimate of drug-likeness (QED) is 0.767. The Morgan fingerprint density at radius 2 is 1.77 bits per heavy atom. The van der Waals surface area contributed by atoms with E-state index in [1.54, 1.807) is 48.5 Å². The number of aromatic nitrogens is 1. The molecule has 1 aromatic heterocycles. The lowest BCUT2D eigenvalue weighted by atomic mass is 10.1. The number of aryl methyl sites for hydroxylation is 1. The van der Waals surface area contributed by atoms with Crippen LogP contribution in [0.4, 0.5) is 20.6 Å². The van der Waals surface area contributed by atoms with E-state index in [0.29, 0.717) is 28.7 Å². The molecule has 26 heavy (non-hydrogen) atoms. The first-order valence-corrected chi connectivity index (χ1v) is 8.43. The van der Waals surface area contributed by atoms with Crippen LogP contribution in [-0.2, 0) is 7.05 Å². The average Bonchev–Trinajstić information content (AvgIpc) is 2.65. The van der Waals surface area contributed by atoms with Gasteiger partial charge in [-0.25, -0.2) is 9.18 Å². The number of urea groups is 1. The first-order chi connectivity index (χ1) is 12.5. The van der Waals surface area contributed by atoms with Gasteiger partial charge in [-0.3, -0.25) is 9.69 Å². The molecule has 0 unspecified atom stereocenters. The van der Waals surface area contributed by atoms with Crippen LogP contribution in [-0.4, -0.2) is 17.1 Å². The van der Waals surface area contributed by atoms with Crippen molar-refractivity contribution in [3.05, 3.63) is 70.9 Å². The third kappa shape index (κ3) is 3.44. The number of anilines is 2. The standard InChI is InChI=1S/C20H20FN3O2/c1-3-12-24(15-10-8-14(21)9-11-15)20(26)22-18-13-23(2)19(25)17-7-5-4-6-16(17)18/h4-11,13H,3,12H2,1-2H3,(H,22,26). The SMILES string of the molecule is CCCN(C(=O)Nc1cn(C)c(=O)c2ccccc12)c1ccc(F)cc1. The number of benzene rings is 2. The van der Waals surface area contributed by atoms with Crippen molar-refractivity contribution in [3.63, 3.8) is 0 Å². The van der Waals surface area contributed by atoms with E-state index in [0.717, 1.165) is 6.42 Å². The number of carbonyl (C=O) groups is 1. The Hall–Kier alpha value is -3.15. The van der Waals surface area contributed by atoms with Crippen LogP contribution in [0.25, 0.3) is 10.8 Å². The van der Waals surface area contributed by atoms with E-state index in [-0.39, 0.29) is 17.4 Å². The molecule has 0 saturated carbocycles. The van der Waals surface area contributed by atoms with Crippen molar-refractivity contribution in [2.24, 2.45) is 7.05 Å². The van der Waals surface area contributed by atoms with Gasteiger partial charge in [-0.1, -0.05) is 25.1 Å². The highest BCUT2D eigenvalue weighted by Gasteiger charge is 2.17. The van der Waals surface area contributed by atoms with E-state index in [9.17, 15) is 14.0 Å². The maximum atomic E-state index is 13.2. The van der Waals surface area contributed by atoms with Crippen LogP contribution in [0.5, 0.6) is 0 Å². The number of carbonyl (C=O) groups excluding carboxylic acids is 1. The van der Waals surface area contributed by atoms with Gasteiger partial charge in [0.25, 0.3) is 5.56 Å². The molecule has 3 aromatic rings. The zero-order chi connectivity index (χ0) is 18.7. The van der Waals surface area contributed by atoms with Gasteiger partial charge in [0.15, 0.2) is 0 Å². The number of hydrogen-bond acceptors (Lipinski definition) is 2. The van der Waals surface area contributed by atoms with Crippen LogP contribution in [0.2, 0.25) is 0 Å². The number of nitrogens with zero attached hydrogens (tertiary/aromatic N) is 2. The molecule has 0 fully saturated rings. The fourth-order valence-electron chi connectivity index (χ4n) is 2.89. The molecule has 0 atom stereocenters. The summed E-state index contributed by atoms with van der Waals surface area (Å²) < 4.78 is 14.6. The second-order valence-electron chi connectivity index (χ2n) is 6.06. The number of halogens is 1. The van der Waals surface area contributed by atoms with E-state index in [2.05, 4.69) is 5.32 Å². The van der Waals surface area contributed by atoms with Crippen molar-refractivity contribution in [3.8, 4) is 0 Å². The van der Waals surface area contributed by atoms with Gasteiger partial charge in [0, 0.05) is 36.2 Å². The molecular formula is C20H20FN3O2. The molecule has 2 amide bonds. The molecule has 1 heterocycles. The first-order valence-electron chi connectivity index (χ1n) is 8.43. The first kappa shape index (κ1) is 17.7. The Morgan fingerprint density at radius 3 is 2.42 bits per heavy atom. The summed E-state index contributed by atoms with van der Waals surface area (Å²) in [7, 11) is 1.65. The molecule has 0 spiro atoms. The third-order valence-electron chi connectivity index (χ3n) is 4.16. The topological polar surface area (TPSA) is 54.3 Å². The number of pyridine rings is 1. The molecule has 2 aromatic carbocycles. The molecule has 134 valence electrons. The highest BCUT2D eigenvalue weighted by molar-refractivity contribution is 6.06. The van der Waals surface area contributed by atoms with Crippen molar-refractivity contribution in [1.82, 2.24) is 4.57 Å². The zero-order valence-corrected chi connectivity index (χ0v) is 14.7. The van der Waals surface area contributed by atoms with Gasteiger partial charge in [-0.15, -0.1) is 0 Å². The van der Waals surface area contributed by atoms with E-state index in [1.165, 1.54) is 16.7 Å². The van der Waals surface area contributed by atoms with Gasteiger partial charge in [-0.05, 0) is 36.8 Å². The fraction of sp³-hybridized carbons (Fsp3) is 0.200. The Bertz CT molecular complexity index is 996. The van der Waals surface area contributed by atoms with Crippen molar-refractivity contribution < 1.29 is 9.18 Å². The molecule has 1 N–H and O–H groups in total. The maximum Gasteiger partial charge on any atom is 0.326 e. The highest BCUT2D eigenvalue weighted by atomic mass is 19.1. The molecule has 0 saturated heterocycles. The van der Waals surface area contributed by atoms with Crippen LogP contribution in [0, 0.1) is 5.82 Å². The minimum absolute atomic E-state index is 0.123. The summed E-state index contributed by atoms with van der Waals surface area (Å²) in [6.45, 7) is 2.45. The van der Waals surface area contributed by atoms with Crippen molar-refractivity contribution in [2.75, 3.05) is 16.8 Å². The third-order valence-corrected chi connectivity index (χ3v) is 4.16. The largest absolute Gasteiger partial charge is 0.326 e. The van der Waals surface area contributed by atoms with Crippen molar-refractivity contribution in [1.29, 1.82) is 0 Å². The minimum atomic E-state index is -0.352. The molecule has 0 aliphatic carbocycles. The number of fused-ring (bicyclic) bond motifs is 1. The Labute approximate surface area is 150 Å². The molecule has 3 rings (SSSR count). The minimum Gasteiger partial charge on any atom is -0.316 e. The van der Waals surface area contributed by atoms with Gasteiger partial charge in [0.1, 0.15) is 5.82 Å². The maximum absolute atomic E-state index is 13.2. The number of amides is 2. The van der Waals surface area contributed by atoms with Crippen LogP contribution in [0.3, 0.4) is 0 Å². The van der Waals surface area contributed by atoms with Gasteiger partial charge in [-0.2, -0.15) is 0 Å². The summed E-state index contributed by atoms with van der Waals surface area (Å²) in [6, 6.07) is 12.6. The van der Waals surface area contributed by atoms with Gasteiger partial charge >= 0.3 is 6.03 Å². The predicted molar refractivity (Wildman–Crippen MR) is 102 cm³/mol. The van der Waals surface area contributed by atoms with Crippen molar-refractivity contribution >= 4 is 28.2 Å². The average molecular weight is 353 g/mol. The molecule has 5 nitrogen and oxygen atoms in total. The normalized spacial score (nSPS) is 10.7. The van der Waals surface area contributed by atoms with Crippen LogP contribution in [0.15, 0.2) is 59.5 Å². The van der Waals surface area contributed by atoms with E-state index >= 15 is 0 Å². The summed E-state index contributed by atoms with van der Waals surface area (Å²) in [5.41, 5.74) is 1.04. The Balaban J connectivity index is 1.98. The lowest BCUT2D eigenvalue weighted by molar-refractivity contribution is 0.257. The number of rotatable bonds is 4. The van der Waals surface area contributed by atoms with E-state index in [1.807, 2.05) is 13.0 Å². The lowest BCUT2D eigenvalue weighted by Gasteiger charge is -2.23.